The second-order valence-electron chi connectivity index (χ2n) is 6.51. The van der Waals surface area contributed by atoms with E-state index >= 15 is 0 Å². The summed E-state index contributed by atoms with van der Waals surface area (Å²) in [6, 6.07) is 13.0. The van der Waals surface area contributed by atoms with Gasteiger partial charge in [0.15, 0.2) is 0 Å². The van der Waals surface area contributed by atoms with Crippen molar-refractivity contribution in [1.82, 2.24) is 4.90 Å². The lowest BCUT2D eigenvalue weighted by atomic mass is 10.1. The number of anilines is 2. The summed E-state index contributed by atoms with van der Waals surface area (Å²) in [5, 5.41) is 12.6. The van der Waals surface area contributed by atoms with Crippen LogP contribution in [0.5, 0.6) is 0 Å². The quantitative estimate of drug-likeness (QED) is 0.864. The molecule has 1 fully saturated rings. The fraction of sp³-hybridized carbons (Fsp3) is 0.300. The topological polar surface area (TPSA) is 59.4 Å². The molecule has 5 nitrogen and oxygen atoms in total. The number of urea groups is 1. The molecule has 0 aromatic heterocycles. The number of piperazine rings is 1. The zero-order valence-corrected chi connectivity index (χ0v) is 15.7. The number of nitriles is 1. The number of carbonyl (C=O) groups excluding carboxylic acids is 1. The molecular formula is C20H21ClN4O. The van der Waals surface area contributed by atoms with Gasteiger partial charge < -0.3 is 15.1 Å². The van der Waals surface area contributed by atoms with Gasteiger partial charge in [0.25, 0.3) is 0 Å². The summed E-state index contributed by atoms with van der Waals surface area (Å²) in [5.41, 5.74) is 4.51. The first-order valence-electron chi connectivity index (χ1n) is 8.55. The Morgan fingerprint density at radius 1 is 1.15 bits per heavy atom. The lowest BCUT2D eigenvalue weighted by molar-refractivity contribution is 0.208. The number of nitrogens with one attached hydrogen (secondary N) is 1. The van der Waals surface area contributed by atoms with E-state index in [0.29, 0.717) is 24.3 Å². The van der Waals surface area contributed by atoms with Gasteiger partial charge in [0.1, 0.15) is 0 Å². The van der Waals surface area contributed by atoms with Gasteiger partial charge in [-0.15, -0.1) is 0 Å². The number of hydrogen-bond acceptors (Lipinski definition) is 3. The van der Waals surface area contributed by atoms with Crippen molar-refractivity contribution in [2.45, 2.75) is 13.8 Å². The van der Waals surface area contributed by atoms with E-state index in [9.17, 15) is 4.79 Å². The molecule has 0 aliphatic carbocycles. The Hall–Kier alpha value is -2.71. The van der Waals surface area contributed by atoms with Crippen molar-refractivity contribution in [3.63, 3.8) is 0 Å². The van der Waals surface area contributed by atoms with Gasteiger partial charge in [-0.2, -0.15) is 5.26 Å². The van der Waals surface area contributed by atoms with E-state index in [0.717, 1.165) is 34.9 Å². The Labute approximate surface area is 158 Å². The van der Waals surface area contributed by atoms with Crippen LogP contribution in [-0.2, 0) is 0 Å². The first-order valence-corrected chi connectivity index (χ1v) is 8.93. The van der Waals surface area contributed by atoms with Crippen LogP contribution in [0.25, 0.3) is 0 Å². The molecule has 1 saturated heterocycles. The van der Waals surface area contributed by atoms with Crippen LogP contribution in [0.4, 0.5) is 16.2 Å². The maximum Gasteiger partial charge on any atom is 0.321 e. The molecule has 0 unspecified atom stereocenters. The van der Waals surface area contributed by atoms with Crippen LogP contribution < -0.4 is 10.2 Å². The fourth-order valence-corrected chi connectivity index (χ4v) is 3.75. The summed E-state index contributed by atoms with van der Waals surface area (Å²) in [7, 11) is 0. The van der Waals surface area contributed by atoms with Crippen molar-refractivity contribution in [1.29, 1.82) is 5.26 Å². The maximum absolute atomic E-state index is 12.5. The zero-order chi connectivity index (χ0) is 18.7. The molecule has 1 aliphatic rings. The van der Waals surface area contributed by atoms with Crippen LogP contribution >= 0.6 is 11.6 Å². The molecule has 2 aromatic carbocycles. The largest absolute Gasteiger partial charge is 0.367 e. The molecule has 6 heteroatoms. The second kappa shape index (κ2) is 7.67. The Kier molecular flexibility index (Phi) is 5.34. The number of halogens is 1. The lowest BCUT2D eigenvalue weighted by Crippen LogP contribution is -2.50. The van der Waals surface area contributed by atoms with Crippen LogP contribution in [-0.4, -0.2) is 37.1 Å². The molecule has 26 heavy (non-hydrogen) atoms. The zero-order valence-electron chi connectivity index (χ0n) is 14.9. The smallest absolute Gasteiger partial charge is 0.321 e. The molecule has 1 aliphatic heterocycles. The van der Waals surface area contributed by atoms with Crippen molar-refractivity contribution < 1.29 is 4.79 Å². The normalized spacial score (nSPS) is 14.1. The number of aryl methyl sites for hydroxylation is 2. The minimum absolute atomic E-state index is 0.147. The van der Waals surface area contributed by atoms with Gasteiger partial charge in [-0.3, -0.25) is 0 Å². The standard InChI is InChI=1S/C20H21ClN4O/c1-14-10-15(2)19(18(21)11-14)24-6-8-25(9-7-24)20(26)23-17-5-3-4-16(12-17)13-22/h3-5,10-12H,6-9H2,1-2H3,(H,23,26). The molecule has 2 aromatic rings. The maximum atomic E-state index is 12.5. The van der Waals surface area contributed by atoms with Gasteiger partial charge in [0, 0.05) is 31.9 Å². The van der Waals surface area contributed by atoms with Gasteiger partial charge in [0.2, 0.25) is 0 Å². The van der Waals surface area contributed by atoms with Crippen molar-refractivity contribution in [3.05, 3.63) is 58.1 Å². The van der Waals surface area contributed by atoms with Gasteiger partial charge in [0.05, 0.1) is 22.3 Å². The summed E-state index contributed by atoms with van der Waals surface area (Å²) >= 11 is 6.44. The third-order valence-electron chi connectivity index (χ3n) is 4.52. The summed E-state index contributed by atoms with van der Waals surface area (Å²) in [4.78, 5) is 16.5. The first kappa shape index (κ1) is 18.1. The highest BCUT2D eigenvalue weighted by Crippen LogP contribution is 2.31. The molecule has 0 spiro atoms. The van der Waals surface area contributed by atoms with Gasteiger partial charge >= 0.3 is 6.03 Å². The highest BCUT2D eigenvalue weighted by molar-refractivity contribution is 6.33. The number of amides is 2. The molecule has 0 saturated carbocycles. The molecule has 1 N–H and O–H groups in total. The third kappa shape index (κ3) is 3.92. The first-order chi connectivity index (χ1) is 12.5. The number of rotatable bonds is 2. The Morgan fingerprint density at radius 2 is 1.88 bits per heavy atom. The van der Waals surface area contributed by atoms with E-state index < -0.39 is 0 Å². The Morgan fingerprint density at radius 3 is 2.54 bits per heavy atom. The summed E-state index contributed by atoms with van der Waals surface area (Å²) in [5.74, 6) is 0. The van der Waals surface area contributed by atoms with Crippen molar-refractivity contribution in [2.24, 2.45) is 0 Å². The Balaban J connectivity index is 1.63. The van der Waals surface area contributed by atoms with Crippen molar-refractivity contribution in [3.8, 4) is 6.07 Å². The minimum atomic E-state index is -0.147. The average Bonchev–Trinajstić information content (AvgIpc) is 2.61. The highest BCUT2D eigenvalue weighted by Gasteiger charge is 2.23. The van der Waals surface area contributed by atoms with Crippen LogP contribution in [0.2, 0.25) is 5.02 Å². The van der Waals surface area contributed by atoms with E-state index in [-0.39, 0.29) is 6.03 Å². The molecule has 1 heterocycles. The SMILES string of the molecule is Cc1cc(C)c(N2CCN(C(=O)Nc3cccc(C#N)c3)CC2)c(Cl)c1. The van der Waals surface area contributed by atoms with Crippen LogP contribution in [0, 0.1) is 25.2 Å². The third-order valence-corrected chi connectivity index (χ3v) is 4.81. The van der Waals surface area contributed by atoms with E-state index in [1.807, 2.05) is 13.0 Å². The van der Waals surface area contributed by atoms with Crippen LogP contribution in [0.1, 0.15) is 16.7 Å². The van der Waals surface area contributed by atoms with E-state index in [4.69, 9.17) is 16.9 Å². The van der Waals surface area contributed by atoms with Gasteiger partial charge in [-0.1, -0.05) is 23.7 Å². The number of carbonyl (C=O) groups is 1. The van der Waals surface area contributed by atoms with Crippen LogP contribution in [0.15, 0.2) is 36.4 Å². The molecule has 134 valence electrons. The average molecular weight is 369 g/mol. The molecule has 3 rings (SSSR count). The van der Waals surface area contributed by atoms with Crippen LogP contribution in [0.3, 0.4) is 0 Å². The van der Waals surface area contributed by atoms with E-state index in [2.05, 4.69) is 29.3 Å². The molecule has 0 radical (unpaired) electrons. The van der Waals surface area contributed by atoms with Gasteiger partial charge in [-0.05, 0) is 49.2 Å². The van der Waals surface area contributed by atoms with Crippen molar-refractivity contribution in [2.75, 3.05) is 36.4 Å². The predicted molar refractivity (Wildman–Crippen MR) is 105 cm³/mol. The number of benzene rings is 2. The fourth-order valence-electron chi connectivity index (χ4n) is 3.31. The predicted octanol–water partition coefficient (Wildman–Crippen LogP) is 4.18. The van der Waals surface area contributed by atoms with Gasteiger partial charge in [-0.25, -0.2) is 4.79 Å². The molecule has 0 atom stereocenters. The summed E-state index contributed by atoms with van der Waals surface area (Å²) in [6.07, 6.45) is 0. The number of nitrogens with zero attached hydrogens (tertiary/aromatic N) is 3. The molecule has 2 amide bonds. The second-order valence-corrected chi connectivity index (χ2v) is 6.92. The minimum Gasteiger partial charge on any atom is -0.367 e. The number of hydrogen-bond donors (Lipinski definition) is 1. The van der Waals surface area contributed by atoms with E-state index in [1.165, 1.54) is 0 Å². The van der Waals surface area contributed by atoms with Crippen molar-refractivity contribution >= 4 is 29.0 Å². The molecular weight excluding hydrogens is 348 g/mol. The monoisotopic (exact) mass is 368 g/mol. The lowest BCUT2D eigenvalue weighted by Gasteiger charge is -2.37. The summed E-state index contributed by atoms with van der Waals surface area (Å²) in [6.45, 7) is 6.80. The summed E-state index contributed by atoms with van der Waals surface area (Å²) < 4.78 is 0. The highest BCUT2D eigenvalue weighted by atomic mass is 35.5. The Bertz CT molecular complexity index is 843. The molecule has 0 bridgehead atoms. The van der Waals surface area contributed by atoms with E-state index in [1.54, 1.807) is 29.2 Å².